The molecule has 0 amide bonds. The second-order valence-corrected chi connectivity index (χ2v) is 10.8. The minimum atomic E-state index is -3.97. The number of nitriles is 1. The lowest BCUT2D eigenvalue weighted by Gasteiger charge is -2.29. The highest BCUT2D eigenvalue weighted by Crippen LogP contribution is 2.37. The molecule has 0 spiro atoms. The SMILES string of the molecule is N#Cc1ccccc1S(=O)(=O)N[C@H]1CO[C@H]2[C@@H]1OC[C@@H]2n1nnnc1Oc1cccc(N2CCOCC2)c1. The van der Waals surface area contributed by atoms with Crippen LogP contribution in [0.2, 0.25) is 0 Å². The van der Waals surface area contributed by atoms with E-state index in [9.17, 15) is 13.7 Å². The molecule has 3 fully saturated rings. The van der Waals surface area contributed by atoms with Gasteiger partial charge in [-0.05, 0) is 34.7 Å². The van der Waals surface area contributed by atoms with E-state index in [1.165, 1.54) is 16.8 Å². The van der Waals surface area contributed by atoms with Crippen molar-refractivity contribution in [3.05, 3.63) is 54.1 Å². The van der Waals surface area contributed by atoms with Crippen molar-refractivity contribution in [1.82, 2.24) is 24.9 Å². The van der Waals surface area contributed by atoms with Gasteiger partial charge in [-0.2, -0.15) is 9.94 Å². The van der Waals surface area contributed by atoms with Gasteiger partial charge in [0.25, 0.3) is 0 Å². The molecule has 2 aromatic carbocycles. The van der Waals surface area contributed by atoms with Crippen LogP contribution in [0.3, 0.4) is 0 Å². The standard InChI is InChI=1S/C24H25N7O6S/c25-13-16-4-1-2-7-21(16)38(32,33)27-19-14-35-23-20(15-36-22(19)23)31-24(26-28-29-31)37-18-6-3-5-17(12-18)30-8-10-34-11-9-30/h1-7,12,19-20,22-23,27H,8-11,14-15H2/t19-,20-,22+,23+/m0/s1. The number of nitrogens with zero attached hydrogens (tertiary/aromatic N) is 6. The van der Waals surface area contributed by atoms with Crippen molar-refractivity contribution in [2.24, 2.45) is 0 Å². The van der Waals surface area contributed by atoms with E-state index < -0.39 is 34.3 Å². The van der Waals surface area contributed by atoms with Crippen molar-refractivity contribution < 1.29 is 27.4 Å². The summed E-state index contributed by atoms with van der Waals surface area (Å²) in [6.07, 6.45) is -1.06. The van der Waals surface area contributed by atoms with E-state index >= 15 is 0 Å². The van der Waals surface area contributed by atoms with Gasteiger partial charge in [0, 0.05) is 24.8 Å². The zero-order valence-electron chi connectivity index (χ0n) is 20.2. The summed E-state index contributed by atoms with van der Waals surface area (Å²) in [7, 11) is -3.97. The molecule has 3 aromatic rings. The van der Waals surface area contributed by atoms with Gasteiger partial charge >= 0.3 is 6.01 Å². The second kappa shape index (κ2) is 10.3. The molecule has 1 aromatic heterocycles. The number of benzene rings is 2. The van der Waals surface area contributed by atoms with Crippen LogP contribution in [-0.4, -0.2) is 86.4 Å². The van der Waals surface area contributed by atoms with E-state index in [1.54, 1.807) is 12.1 Å². The Balaban J connectivity index is 1.16. The minimum absolute atomic E-state index is 0.0638. The number of tetrazole rings is 1. The van der Waals surface area contributed by atoms with Gasteiger partial charge in [-0.25, -0.2) is 13.1 Å². The van der Waals surface area contributed by atoms with Crippen LogP contribution in [0.25, 0.3) is 0 Å². The van der Waals surface area contributed by atoms with Crippen molar-refractivity contribution in [3.8, 4) is 17.8 Å². The monoisotopic (exact) mass is 539 g/mol. The summed E-state index contributed by atoms with van der Waals surface area (Å²) in [6.45, 7) is 3.25. The molecule has 0 radical (unpaired) electrons. The summed E-state index contributed by atoms with van der Waals surface area (Å²) >= 11 is 0. The van der Waals surface area contributed by atoms with Gasteiger partial charge in [-0.15, -0.1) is 0 Å². The summed E-state index contributed by atoms with van der Waals surface area (Å²) in [6, 6.07) is 14.7. The molecule has 3 aliphatic heterocycles. The Hall–Kier alpha value is -3.61. The number of fused-ring (bicyclic) bond motifs is 1. The fraction of sp³-hybridized carbons (Fsp3) is 0.417. The summed E-state index contributed by atoms with van der Waals surface area (Å²) in [5.74, 6) is 0.578. The molecule has 198 valence electrons. The van der Waals surface area contributed by atoms with Crippen molar-refractivity contribution in [2.45, 2.75) is 29.2 Å². The quantitative estimate of drug-likeness (QED) is 0.455. The third-order valence-corrected chi connectivity index (χ3v) is 8.36. The number of hydrogen-bond donors (Lipinski definition) is 1. The molecule has 14 heteroatoms. The first-order valence-electron chi connectivity index (χ1n) is 12.2. The van der Waals surface area contributed by atoms with Crippen LogP contribution >= 0.6 is 0 Å². The summed E-state index contributed by atoms with van der Waals surface area (Å²) in [4.78, 5) is 2.13. The lowest BCUT2D eigenvalue weighted by molar-refractivity contribution is 0.0615. The van der Waals surface area contributed by atoms with Crippen molar-refractivity contribution in [2.75, 3.05) is 44.4 Å². The molecule has 1 N–H and O–H groups in total. The zero-order chi connectivity index (χ0) is 26.1. The molecular weight excluding hydrogens is 514 g/mol. The van der Waals surface area contributed by atoms with E-state index in [0.29, 0.717) is 19.0 Å². The highest BCUT2D eigenvalue weighted by Gasteiger charge is 2.51. The van der Waals surface area contributed by atoms with Crippen LogP contribution in [0.5, 0.6) is 11.8 Å². The Morgan fingerprint density at radius 2 is 1.87 bits per heavy atom. The molecule has 0 unspecified atom stereocenters. The number of hydrogen-bond acceptors (Lipinski definition) is 11. The maximum absolute atomic E-state index is 13.0. The smallest absolute Gasteiger partial charge is 0.341 e. The fourth-order valence-corrected chi connectivity index (χ4v) is 6.37. The van der Waals surface area contributed by atoms with Crippen LogP contribution in [0.4, 0.5) is 5.69 Å². The normalized spacial score (nSPS) is 25.2. The number of nitrogens with one attached hydrogen (secondary N) is 1. The highest BCUT2D eigenvalue weighted by atomic mass is 32.2. The first-order chi connectivity index (χ1) is 18.5. The molecule has 0 aliphatic carbocycles. The van der Waals surface area contributed by atoms with Gasteiger partial charge in [0.2, 0.25) is 10.0 Å². The number of morpholine rings is 1. The molecule has 0 bridgehead atoms. The van der Waals surface area contributed by atoms with Crippen molar-refractivity contribution in [3.63, 3.8) is 0 Å². The maximum Gasteiger partial charge on any atom is 0.341 e. The van der Waals surface area contributed by atoms with Gasteiger partial charge < -0.3 is 23.8 Å². The van der Waals surface area contributed by atoms with E-state index in [-0.39, 0.29) is 29.7 Å². The van der Waals surface area contributed by atoms with E-state index in [1.807, 2.05) is 30.3 Å². The van der Waals surface area contributed by atoms with E-state index in [2.05, 4.69) is 25.1 Å². The van der Waals surface area contributed by atoms with E-state index in [0.717, 1.165) is 18.8 Å². The Morgan fingerprint density at radius 3 is 2.71 bits per heavy atom. The molecule has 0 saturated carbocycles. The Kier molecular flexibility index (Phi) is 6.68. The molecule has 6 rings (SSSR count). The average Bonchev–Trinajstić information content (AvgIpc) is 3.67. The molecule has 4 atom stereocenters. The number of aromatic nitrogens is 4. The molecule has 3 saturated heterocycles. The van der Waals surface area contributed by atoms with Gasteiger partial charge in [-0.1, -0.05) is 23.3 Å². The molecule has 38 heavy (non-hydrogen) atoms. The Morgan fingerprint density at radius 1 is 1.05 bits per heavy atom. The third kappa shape index (κ3) is 4.70. The molecule has 4 heterocycles. The van der Waals surface area contributed by atoms with Crippen LogP contribution in [0.15, 0.2) is 53.4 Å². The zero-order valence-corrected chi connectivity index (χ0v) is 21.0. The highest BCUT2D eigenvalue weighted by molar-refractivity contribution is 7.89. The van der Waals surface area contributed by atoms with Gasteiger partial charge in [0.15, 0.2) is 0 Å². The number of rotatable bonds is 7. The van der Waals surface area contributed by atoms with Crippen LogP contribution in [-0.2, 0) is 24.2 Å². The topological polar surface area (TPSA) is 154 Å². The first-order valence-corrected chi connectivity index (χ1v) is 13.6. The van der Waals surface area contributed by atoms with Gasteiger partial charge in [-0.3, -0.25) is 0 Å². The van der Waals surface area contributed by atoms with Gasteiger partial charge in [0.1, 0.15) is 30.1 Å². The predicted molar refractivity (Wildman–Crippen MR) is 131 cm³/mol. The molecular formula is C24H25N7O6S. The maximum atomic E-state index is 13.0. The number of anilines is 1. The average molecular weight is 540 g/mol. The lowest BCUT2D eigenvalue weighted by Crippen LogP contribution is -2.44. The molecule has 3 aliphatic rings. The second-order valence-electron chi connectivity index (χ2n) is 9.10. The third-order valence-electron chi connectivity index (χ3n) is 6.81. The van der Waals surface area contributed by atoms with Crippen molar-refractivity contribution >= 4 is 15.7 Å². The number of ether oxygens (including phenoxy) is 4. The van der Waals surface area contributed by atoms with E-state index in [4.69, 9.17) is 18.9 Å². The predicted octanol–water partition coefficient (Wildman–Crippen LogP) is 0.859. The summed E-state index contributed by atoms with van der Waals surface area (Å²) in [5, 5.41) is 21.2. The van der Waals surface area contributed by atoms with Crippen LogP contribution in [0.1, 0.15) is 11.6 Å². The van der Waals surface area contributed by atoms with Crippen LogP contribution in [0, 0.1) is 11.3 Å². The minimum Gasteiger partial charge on any atom is -0.423 e. The molecule has 13 nitrogen and oxygen atoms in total. The number of sulfonamides is 1. The summed E-state index contributed by atoms with van der Waals surface area (Å²) in [5.41, 5.74) is 1.08. The Bertz CT molecular complexity index is 1450. The van der Waals surface area contributed by atoms with Crippen molar-refractivity contribution in [1.29, 1.82) is 5.26 Å². The summed E-state index contributed by atoms with van der Waals surface area (Å²) < 4.78 is 53.6. The first kappa shape index (κ1) is 24.7. The van der Waals surface area contributed by atoms with Crippen LogP contribution < -0.4 is 14.4 Å². The van der Waals surface area contributed by atoms with Gasteiger partial charge in [0.05, 0.1) is 42.9 Å². The Labute approximate surface area is 218 Å². The fourth-order valence-electron chi connectivity index (χ4n) is 4.98. The lowest BCUT2D eigenvalue weighted by atomic mass is 10.1. The largest absolute Gasteiger partial charge is 0.423 e.